The van der Waals surface area contributed by atoms with E-state index in [0.717, 1.165) is 44.4 Å². The SMILES string of the molecule is CC(C)c1nc(N2CCCNCC2)no1.Cl. The van der Waals surface area contributed by atoms with Crippen molar-refractivity contribution in [2.45, 2.75) is 26.2 Å². The Morgan fingerprint density at radius 3 is 2.81 bits per heavy atom. The zero-order valence-electron chi connectivity index (χ0n) is 9.77. The number of nitrogens with zero attached hydrogens (tertiary/aromatic N) is 3. The monoisotopic (exact) mass is 246 g/mol. The minimum atomic E-state index is 0. The third kappa shape index (κ3) is 3.09. The number of hydrogen-bond acceptors (Lipinski definition) is 5. The van der Waals surface area contributed by atoms with E-state index in [1.165, 1.54) is 0 Å². The Balaban J connectivity index is 0.00000128. The van der Waals surface area contributed by atoms with Crippen molar-refractivity contribution in [1.29, 1.82) is 0 Å². The summed E-state index contributed by atoms with van der Waals surface area (Å²) in [6.45, 7) is 8.14. The van der Waals surface area contributed by atoms with Crippen molar-refractivity contribution < 1.29 is 4.52 Å². The molecule has 92 valence electrons. The van der Waals surface area contributed by atoms with E-state index in [9.17, 15) is 0 Å². The van der Waals surface area contributed by atoms with Crippen LogP contribution in [-0.2, 0) is 0 Å². The Morgan fingerprint density at radius 1 is 1.31 bits per heavy atom. The van der Waals surface area contributed by atoms with Gasteiger partial charge in [-0.15, -0.1) is 12.4 Å². The predicted octanol–water partition coefficient (Wildman–Crippen LogP) is 1.41. The molecule has 1 aromatic heterocycles. The average Bonchev–Trinajstić information content (AvgIpc) is 2.55. The quantitative estimate of drug-likeness (QED) is 0.855. The van der Waals surface area contributed by atoms with E-state index in [0.29, 0.717) is 5.92 Å². The van der Waals surface area contributed by atoms with Gasteiger partial charge in [-0.3, -0.25) is 0 Å². The van der Waals surface area contributed by atoms with Crippen LogP contribution >= 0.6 is 12.4 Å². The molecule has 2 heterocycles. The van der Waals surface area contributed by atoms with E-state index in [1.807, 2.05) is 0 Å². The van der Waals surface area contributed by atoms with Crippen molar-refractivity contribution >= 4 is 18.4 Å². The number of hydrogen-bond donors (Lipinski definition) is 1. The second-order valence-electron chi connectivity index (χ2n) is 4.18. The zero-order valence-corrected chi connectivity index (χ0v) is 10.6. The number of rotatable bonds is 2. The number of aromatic nitrogens is 2. The van der Waals surface area contributed by atoms with Gasteiger partial charge in [-0.25, -0.2) is 0 Å². The van der Waals surface area contributed by atoms with Crippen LogP contribution in [0, 0.1) is 0 Å². The van der Waals surface area contributed by atoms with Crippen LogP contribution in [0.2, 0.25) is 0 Å². The molecule has 6 heteroatoms. The highest BCUT2D eigenvalue weighted by atomic mass is 35.5. The van der Waals surface area contributed by atoms with Gasteiger partial charge < -0.3 is 14.7 Å². The Bertz CT molecular complexity index is 308. The number of anilines is 1. The van der Waals surface area contributed by atoms with Gasteiger partial charge in [-0.1, -0.05) is 13.8 Å². The fourth-order valence-corrected chi connectivity index (χ4v) is 1.64. The smallest absolute Gasteiger partial charge is 0.266 e. The summed E-state index contributed by atoms with van der Waals surface area (Å²) in [5.41, 5.74) is 0. The second kappa shape index (κ2) is 6.06. The lowest BCUT2D eigenvalue weighted by Crippen LogP contribution is -2.28. The Morgan fingerprint density at radius 2 is 2.12 bits per heavy atom. The van der Waals surface area contributed by atoms with Crippen LogP contribution in [0.15, 0.2) is 4.52 Å². The first-order valence-corrected chi connectivity index (χ1v) is 5.56. The fourth-order valence-electron chi connectivity index (χ4n) is 1.64. The molecule has 0 atom stereocenters. The normalized spacial score (nSPS) is 17.1. The lowest BCUT2D eigenvalue weighted by atomic mass is 10.2. The molecule has 0 unspecified atom stereocenters. The average molecular weight is 247 g/mol. The van der Waals surface area contributed by atoms with E-state index >= 15 is 0 Å². The molecular weight excluding hydrogens is 228 g/mol. The molecule has 2 rings (SSSR count). The minimum Gasteiger partial charge on any atom is -0.337 e. The van der Waals surface area contributed by atoms with Gasteiger partial charge in [0.2, 0.25) is 5.89 Å². The third-order valence-corrected chi connectivity index (χ3v) is 2.55. The molecule has 1 saturated heterocycles. The summed E-state index contributed by atoms with van der Waals surface area (Å²) in [5, 5.41) is 7.36. The van der Waals surface area contributed by atoms with Gasteiger partial charge in [0, 0.05) is 25.6 Å². The van der Waals surface area contributed by atoms with Crippen LogP contribution in [0.1, 0.15) is 32.1 Å². The first kappa shape index (κ1) is 13.3. The second-order valence-corrected chi connectivity index (χ2v) is 4.18. The van der Waals surface area contributed by atoms with Crippen molar-refractivity contribution in [3.05, 3.63) is 5.89 Å². The molecule has 16 heavy (non-hydrogen) atoms. The number of nitrogens with one attached hydrogen (secondary N) is 1. The van der Waals surface area contributed by atoms with E-state index in [2.05, 4.69) is 34.2 Å². The Kier molecular flexibility index (Phi) is 5.02. The highest BCUT2D eigenvalue weighted by molar-refractivity contribution is 5.85. The topological polar surface area (TPSA) is 54.2 Å². The van der Waals surface area contributed by atoms with Crippen molar-refractivity contribution in [3.63, 3.8) is 0 Å². The Hall–Kier alpha value is -0.810. The molecule has 1 fully saturated rings. The minimum absolute atomic E-state index is 0. The molecule has 0 aliphatic carbocycles. The zero-order chi connectivity index (χ0) is 10.7. The standard InChI is InChI=1S/C10H18N4O.ClH/c1-8(2)9-12-10(13-15-9)14-6-3-4-11-5-7-14;/h8,11H,3-7H2,1-2H3;1H. The predicted molar refractivity (Wildman–Crippen MR) is 65.3 cm³/mol. The van der Waals surface area contributed by atoms with Crippen molar-refractivity contribution in [3.8, 4) is 0 Å². The summed E-state index contributed by atoms with van der Waals surface area (Å²) in [7, 11) is 0. The van der Waals surface area contributed by atoms with Crippen LogP contribution in [0.3, 0.4) is 0 Å². The van der Waals surface area contributed by atoms with Gasteiger partial charge in [0.25, 0.3) is 5.95 Å². The van der Waals surface area contributed by atoms with Gasteiger partial charge in [0.1, 0.15) is 0 Å². The molecule has 1 aromatic rings. The van der Waals surface area contributed by atoms with Crippen LogP contribution in [0.25, 0.3) is 0 Å². The molecule has 0 spiro atoms. The molecule has 0 saturated carbocycles. The molecule has 1 aliphatic rings. The van der Waals surface area contributed by atoms with Gasteiger partial charge in [0.05, 0.1) is 0 Å². The molecule has 1 N–H and O–H groups in total. The van der Waals surface area contributed by atoms with Crippen LogP contribution in [0.5, 0.6) is 0 Å². The molecule has 5 nitrogen and oxygen atoms in total. The summed E-state index contributed by atoms with van der Waals surface area (Å²) in [4.78, 5) is 6.57. The van der Waals surface area contributed by atoms with E-state index in [1.54, 1.807) is 0 Å². The highest BCUT2D eigenvalue weighted by Crippen LogP contribution is 2.16. The maximum atomic E-state index is 5.20. The lowest BCUT2D eigenvalue weighted by molar-refractivity contribution is 0.364. The highest BCUT2D eigenvalue weighted by Gasteiger charge is 2.16. The van der Waals surface area contributed by atoms with Gasteiger partial charge in [-0.05, 0) is 18.1 Å². The number of halogens is 1. The third-order valence-electron chi connectivity index (χ3n) is 2.55. The first-order valence-electron chi connectivity index (χ1n) is 5.56. The first-order chi connectivity index (χ1) is 7.27. The van der Waals surface area contributed by atoms with Crippen LogP contribution < -0.4 is 10.2 Å². The van der Waals surface area contributed by atoms with Crippen LogP contribution in [-0.4, -0.2) is 36.3 Å². The molecule has 1 aliphatic heterocycles. The summed E-state index contributed by atoms with van der Waals surface area (Å²) in [5.74, 6) is 1.76. The Labute approximate surface area is 102 Å². The van der Waals surface area contributed by atoms with Crippen molar-refractivity contribution in [1.82, 2.24) is 15.5 Å². The summed E-state index contributed by atoms with van der Waals surface area (Å²) in [6.07, 6.45) is 1.13. The summed E-state index contributed by atoms with van der Waals surface area (Å²) < 4.78 is 5.20. The maximum absolute atomic E-state index is 5.20. The molecule has 0 radical (unpaired) electrons. The largest absolute Gasteiger partial charge is 0.337 e. The van der Waals surface area contributed by atoms with Crippen LogP contribution in [0.4, 0.5) is 5.95 Å². The summed E-state index contributed by atoms with van der Waals surface area (Å²) in [6, 6.07) is 0. The molecule has 0 aromatic carbocycles. The maximum Gasteiger partial charge on any atom is 0.266 e. The molecular formula is C10H19ClN4O. The summed E-state index contributed by atoms with van der Waals surface area (Å²) >= 11 is 0. The van der Waals surface area contributed by atoms with E-state index < -0.39 is 0 Å². The molecule has 0 bridgehead atoms. The van der Waals surface area contributed by atoms with Gasteiger partial charge >= 0.3 is 0 Å². The lowest BCUT2D eigenvalue weighted by Gasteiger charge is -2.16. The van der Waals surface area contributed by atoms with E-state index in [-0.39, 0.29) is 12.4 Å². The molecule has 0 amide bonds. The van der Waals surface area contributed by atoms with Gasteiger partial charge in [0.15, 0.2) is 0 Å². The van der Waals surface area contributed by atoms with Crippen molar-refractivity contribution in [2.24, 2.45) is 0 Å². The van der Waals surface area contributed by atoms with Crippen molar-refractivity contribution in [2.75, 3.05) is 31.1 Å². The van der Waals surface area contributed by atoms with Gasteiger partial charge in [-0.2, -0.15) is 4.98 Å². The fraction of sp³-hybridized carbons (Fsp3) is 0.800. The van der Waals surface area contributed by atoms with E-state index in [4.69, 9.17) is 4.52 Å².